The minimum atomic E-state index is -0.398. The van der Waals surface area contributed by atoms with Crippen molar-refractivity contribution in [3.05, 3.63) is 28.8 Å². The van der Waals surface area contributed by atoms with Crippen molar-refractivity contribution in [1.82, 2.24) is 10.2 Å². The van der Waals surface area contributed by atoms with E-state index in [1.54, 1.807) is 13.2 Å². The molecule has 1 heterocycles. The Bertz CT molecular complexity index is 400. The minimum Gasteiger partial charge on any atom is -0.495 e. The smallest absolute Gasteiger partial charge is 0.137 e. The standard InChI is InChI=1S/C13H18ClFN2O.ClH/c1-18-13-8-10(2-3-11(13)14)12(9-15)17-6-4-16-5-7-17;/h2-3,8,12,16H,4-7,9H2,1H3;1H/t12-;/m0./s1. The van der Waals surface area contributed by atoms with Gasteiger partial charge in [0.1, 0.15) is 12.4 Å². The first-order valence-corrected chi connectivity index (χ1v) is 6.48. The average molecular weight is 309 g/mol. The fourth-order valence-corrected chi connectivity index (χ4v) is 2.47. The molecule has 19 heavy (non-hydrogen) atoms. The number of hydrogen-bond donors (Lipinski definition) is 1. The number of hydrogen-bond acceptors (Lipinski definition) is 3. The van der Waals surface area contributed by atoms with Crippen LogP contribution >= 0.6 is 24.0 Å². The lowest BCUT2D eigenvalue weighted by Gasteiger charge is -2.33. The molecule has 1 fully saturated rings. The van der Waals surface area contributed by atoms with Gasteiger partial charge in [0.25, 0.3) is 0 Å². The first-order chi connectivity index (χ1) is 8.76. The number of methoxy groups -OCH3 is 1. The van der Waals surface area contributed by atoms with Gasteiger partial charge >= 0.3 is 0 Å². The summed E-state index contributed by atoms with van der Waals surface area (Å²) in [5, 5.41) is 3.82. The molecule has 1 saturated heterocycles. The maximum atomic E-state index is 13.3. The van der Waals surface area contributed by atoms with Crippen LogP contribution in [0.25, 0.3) is 0 Å². The molecule has 3 nitrogen and oxygen atoms in total. The Morgan fingerprint density at radius 3 is 2.68 bits per heavy atom. The van der Waals surface area contributed by atoms with Crippen molar-refractivity contribution in [1.29, 1.82) is 0 Å². The van der Waals surface area contributed by atoms with E-state index in [0.717, 1.165) is 31.7 Å². The maximum Gasteiger partial charge on any atom is 0.137 e. The Balaban J connectivity index is 0.00000180. The number of rotatable bonds is 4. The largest absolute Gasteiger partial charge is 0.495 e. The van der Waals surface area contributed by atoms with E-state index in [-0.39, 0.29) is 18.4 Å². The quantitative estimate of drug-likeness (QED) is 0.925. The van der Waals surface area contributed by atoms with Crippen LogP contribution in [0.2, 0.25) is 5.02 Å². The Kier molecular flexibility index (Phi) is 6.86. The lowest BCUT2D eigenvalue weighted by molar-refractivity contribution is 0.147. The third-order valence-electron chi connectivity index (χ3n) is 3.30. The summed E-state index contributed by atoms with van der Waals surface area (Å²) in [4.78, 5) is 2.15. The van der Waals surface area contributed by atoms with Crippen molar-refractivity contribution in [3.8, 4) is 5.75 Å². The van der Waals surface area contributed by atoms with Crippen molar-refractivity contribution in [2.45, 2.75) is 6.04 Å². The molecule has 1 aromatic carbocycles. The van der Waals surface area contributed by atoms with E-state index in [1.165, 1.54) is 0 Å². The first kappa shape index (κ1) is 16.5. The van der Waals surface area contributed by atoms with Gasteiger partial charge in [-0.05, 0) is 17.7 Å². The van der Waals surface area contributed by atoms with E-state index >= 15 is 0 Å². The molecular weight excluding hydrogens is 290 g/mol. The fourth-order valence-electron chi connectivity index (χ4n) is 2.27. The molecule has 6 heteroatoms. The van der Waals surface area contributed by atoms with Gasteiger partial charge in [0, 0.05) is 26.2 Å². The van der Waals surface area contributed by atoms with E-state index in [9.17, 15) is 4.39 Å². The molecule has 0 radical (unpaired) electrons. The fraction of sp³-hybridized carbons (Fsp3) is 0.538. The second kappa shape index (κ2) is 7.90. The van der Waals surface area contributed by atoms with Crippen LogP contribution in [-0.4, -0.2) is 44.9 Å². The van der Waals surface area contributed by atoms with Gasteiger partial charge in [0.2, 0.25) is 0 Å². The molecule has 0 aliphatic carbocycles. The van der Waals surface area contributed by atoms with Gasteiger partial charge in [-0.1, -0.05) is 17.7 Å². The second-order valence-electron chi connectivity index (χ2n) is 4.35. The van der Waals surface area contributed by atoms with Crippen LogP contribution in [0.15, 0.2) is 18.2 Å². The average Bonchev–Trinajstić information content (AvgIpc) is 2.42. The van der Waals surface area contributed by atoms with Crippen molar-refractivity contribution in [2.24, 2.45) is 0 Å². The van der Waals surface area contributed by atoms with Gasteiger partial charge < -0.3 is 10.1 Å². The van der Waals surface area contributed by atoms with Gasteiger partial charge in [-0.3, -0.25) is 4.90 Å². The van der Waals surface area contributed by atoms with Crippen molar-refractivity contribution < 1.29 is 9.13 Å². The molecule has 1 aliphatic heterocycles. The summed E-state index contributed by atoms with van der Waals surface area (Å²) in [5.74, 6) is 0.600. The maximum absolute atomic E-state index is 13.3. The third-order valence-corrected chi connectivity index (χ3v) is 3.61. The molecule has 0 saturated carbocycles. The summed E-state index contributed by atoms with van der Waals surface area (Å²) in [6.07, 6.45) is 0. The van der Waals surface area contributed by atoms with E-state index < -0.39 is 6.67 Å². The summed E-state index contributed by atoms with van der Waals surface area (Å²) in [5.41, 5.74) is 0.917. The zero-order valence-electron chi connectivity index (χ0n) is 10.9. The van der Waals surface area contributed by atoms with Crippen LogP contribution in [0.1, 0.15) is 11.6 Å². The van der Waals surface area contributed by atoms with E-state index in [1.807, 2.05) is 12.1 Å². The molecule has 1 N–H and O–H groups in total. The van der Waals surface area contributed by atoms with Gasteiger partial charge in [-0.2, -0.15) is 0 Å². The number of ether oxygens (including phenoxy) is 1. The highest BCUT2D eigenvalue weighted by Gasteiger charge is 2.22. The van der Waals surface area contributed by atoms with Crippen LogP contribution in [0.4, 0.5) is 4.39 Å². The molecule has 2 rings (SSSR count). The van der Waals surface area contributed by atoms with Gasteiger partial charge in [0.05, 0.1) is 18.2 Å². The molecule has 0 aromatic heterocycles. The molecule has 0 amide bonds. The van der Waals surface area contributed by atoms with E-state index in [0.29, 0.717) is 10.8 Å². The lowest BCUT2D eigenvalue weighted by Crippen LogP contribution is -2.45. The normalized spacial score (nSPS) is 17.6. The SMILES string of the molecule is COc1cc([C@H](CF)N2CCNCC2)ccc1Cl.Cl. The molecule has 108 valence electrons. The molecule has 0 unspecified atom stereocenters. The zero-order chi connectivity index (χ0) is 13.0. The van der Waals surface area contributed by atoms with Crippen LogP contribution in [0.3, 0.4) is 0 Å². The summed E-state index contributed by atoms with van der Waals surface area (Å²) in [6.45, 7) is 3.13. The molecule has 0 spiro atoms. The second-order valence-corrected chi connectivity index (χ2v) is 4.76. The predicted octanol–water partition coefficient (Wildman–Crippen LogP) is 2.69. The van der Waals surface area contributed by atoms with Crippen LogP contribution < -0.4 is 10.1 Å². The van der Waals surface area contributed by atoms with Gasteiger partial charge in [-0.25, -0.2) is 4.39 Å². The highest BCUT2D eigenvalue weighted by Crippen LogP contribution is 2.30. The summed E-state index contributed by atoms with van der Waals surface area (Å²) < 4.78 is 18.5. The number of halogens is 3. The minimum absolute atomic E-state index is 0. The zero-order valence-corrected chi connectivity index (χ0v) is 12.4. The Labute approximate surface area is 124 Å². The Morgan fingerprint density at radius 1 is 1.42 bits per heavy atom. The van der Waals surface area contributed by atoms with Crippen LogP contribution in [0, 0.1) is 0 Å². The van der Waals surface area contributed by atoms with Crippen molar-refractivity contribution >= 4 is 24.0 Å². The third kappa shape index (κ3) is 3.96. The number of nitrogens with one attached hydrogen (secondary N) is 1. The highest BCUT2D eigenvalue weighted by molar-refractivity contribution is 6.32. The monoisotopic (exact) mass is 308 g/mol. The first-order valence-electron chi connectivity index (χ1n) is 6.10. The Hall–Kier alpha value is -0.550. The molecular formula is C13H19Cl2FN2O. The number of nitrogens with zero attached hydrogens (tertiary/aromatic N) is 1. The Morgan fingerprint density at radius 2 is 2.11 bits per heavy atom. The van der Waals surface area contributed by atoms with Crippen molar-refractivity contribution in [3.63, 3.8) is 0 Å². The number of benzene rings is 1. The van der Waals surface area contributed by atoms with E-state index in [4.69, 9.17) is 16.3 Å². The summed E-state index contributed by atoms with van der Waals surface area (Å²) in [7, 11) is 1.57. The highest BCUT2D eigenvalue weighted by atomic mass is 35.5. The van der Waals surface area contributed by atoms with Gasteiger partial charge in [0.15, 0.2) is 0 Å². The number of alkyl halides is 1. The van der Waals surface area contributed by atoms with Crippen LogP contribution in [0.5, 0.6) is 5.75 Å². The molecule has 0 bridgehead atoms. The topological polar surface area (TPSA) is 24.5 Å². The van der Waals surface area contributed by atoms with E-state index in [2.05, 4.69) is 10.2 Å². The molecule has 1 aliphatic rings. The van der Waals surface area contributed by atoms with Crippen LogP contribution in [-0.2, 0) is 0 Å². The van der Waals surface area contributed by atoms with Gasteiger partial charge in [-0.15, -0.1) is 12.4 Å². The summed E-state index contributed by atoms with van der Waals surface area (Å²) in [6, 6.07) is 5.25. The molecule has 1 atom stereocenters. The lowest BCUT2D eigenvalue weighted by atomic mass is 10.1. The van der Waals surface area contributed by atoms with Crippen molar-refractivity contribution in [2.75, 3.05) is 40.0 Å². The molecule has 1 aromatic rings. The number of piperazine rings is 1. The summed E-state index contributed by atoms with van der Waals surface area (Å²) >= 11 is 5.99. The predicted molar refractivity (Wildman–Crippen MR) is 78.4 cm³/mol.